The van der Waals surface area contributed by atoms with Gasteiger partial charge in [-0.3, -0.25) is 9.59 Å². The Balaban J connectivity index is 2.36. The first kappa shape index (κ1) is 15.4. The normalized spacial score (nSPS) is 10.1. The number of hydrogen-bond acceptors (Lipinski definition) is 5. The second-order valence-electron chi connectivity index (χ2n) is 4.56. The van der Waals surface area contributed by atoms with Crippen molar-refractivity contribution in [2.75, 3.05) is 19.5 Å². The highest BCUT2D eigenvalue weighted by molar-refractivity contribution is 6.06. The Hall–Kier alpha value is -2.96. The predicted octanol–water partition coefficient (Wildman–Crippen LogP) is 1.66. The Morgan fingerprint density at radius 2 is 1.95 bits per heavy atom. The Kier molecular flexibility index (Phi) is 4.36. The number of carbonyl (C=O) groups excluding carboxylic acids is 1. The van der Waals surface area contributed by atoms with Crippen LogP contribution < -0.4 is 20.3 Å². The van der Waals surface area contributed by atoms with E-state index in [4.69, 9.17) is 9.47 Å². The van der Waals surface area contributed by atoms with E-state index < -0.39 is 11.5 Å². The van der Waals surface area contributed by atoms with E-state index in [1.54, 1.807) is 25.1 Å². The van der Waals surface area contributed by atoms with Gasteiger partial charge in [-0.15, -0.1) is 0 Å². The molecule has 0 aliphatic heterocycles. The SMILES string of the molecule is COc1ccc(NC(=O)c2c(O)cc(C)[nH]c2=O)c(OC)c1. The summed E-state index contributed by atoms with van der Waals surface area (Å²) < 4.78 is 10.2. The molecule has 7 nitrogen and oxygen atoms in total. The highest BCUT2D eigenvalue weighted by Gasteiger charge is 2.18. The molecule has 116 valence electrons. The number of methoxy groups -OCH3 is 2. The number of amides is 1. The van der Waals surface area contributed by atoms with Crippen molar-refractivity contribution in [2.45, 2.75) is 6.92 Å². The van der Waals surface area contributed by atoms with E-state index >= 15 is 0 Å². The molecular weight excluding hydrogens is 288 g/mol. The molecule has 22 heavy (non-hydrogen) atoms. The first-order chi connectivity index (χ1) is 10.5. The van der Waals surface area contributed by atoms with Crippen molar-refractivity contribution in [3.05, 3.63) is 45.9 Å². The quantitative estimate of drug-likeness (QED) is 0.797. The number of aryl methyl sites for hydroxylation is 1. The molecule has 0 spiro atoms. The van der Waals surface area contributed by atoms with Crippen molar-refractivity contribution in [1.29, 1.82) is 0 Å². The molecule has 0 unspecified atom stereocenters. The van der Waals surface area contributed by atoms with Crippen molar-refractivity contribution >= 4 is 11.6 Å². The Labute approximate surface area is 126 Å². The van der Waals surface area contributed by atoms with E-state index in [9.17, 15) is 14.7 Å². The van der Waals surface area contributed by atoms with Gasteiger partial charge in [0, 0.05) is 11.8 Å². The molecule has 0 radical (unpaired) electrons. The molecule has 7 heteroatoms. The number of carbonyl (C=O) groups is 1. The zero-order chi connectivity index (χ0) is 16.3. The molecule has 2 aromatic rings. The second kappa shape index (κ2) is 6.21. The fourth-order valence-electron chi connectivity index (χ4n) is 1.98. The average Bonchev–Trinajstić information content (AvgIpc) is 2.46. The second-order valence-corrected chi connectivity index (χ2v) is 4.56. The van der Waals surface area contributed by atoms with E-state index in [2.05, 4.69) is 10.3 Å². The molecule has 0 aliphatic carbocycles. The number of anilines is 1. The maximum absolute atomic E-state index is 12.2. The first-order valence-electron chi connectivity index (χ1n) is 6.42. The molecule has 0 saturated carbocycles. The van der Waals surface area contributed by atoms with Gasteiger partial charge in [0.25, 0.3) is 11.5 Å². The van der Waals surface area contributed by atoms with Gasteiger partial charge in [0.05, 0.1) is 19.9 Å². The monoisotopic (exact) mass is 304 g/mol. The van der Waals surface area contributed by atoms with Crippen molar-refractivity contribution in [3.8, 4) is 17.2 Å². The lowest BCUT2D eigenvalue weighted by molar-refractivity contribution is 0.102. The smallest absolute Gasteiger partial charge is 0.265 e. The van der Waals surface area contributed by atoms with Crippen LogP contribution in [0.1, 0.15) is 16.1 Å². The molecule has 0 fully saturated rings. The summed E-state index contributed by atoms with van der Waals surface area (Å²) in [6.45, 7) is 1.61. The molecule has 1 aromatic carbocycles. The maximum Gasteiger partial charge on any atom is 0.265 e. The highest BCUT2D eigenvalue weighted by atomic mass is 16.5. The van der Waals surface area contributed by atoms with Crippen LogP contribution in [0.5, 0.6) is 17.2 Å². The van der Waals surface area contributed by atoms with Gasteiger partial charge < -0.3 is 24.9 Å². The van der Waals surface area contributed by atoms with E-state index in [0.717, 1.165) is 0 Å². The summed E-state index contributed by atoms with van der Waals surface area (Å²) in [7, 11) is 2.96. The largest absolute Gasteiger partial charge is 0.507 e. The lowest BCUT2D eigenvalue weighted by atomic mass is 10.2. The first-order valence-corrected chi connectivity index (χ1v) is 6.42. The highest BCUT2D eigenvalue weighted by Crippen LogP contribution is 2.29. The predicted molar refractivity (Wildman–Crippen MR) is 81.0 cm³/mol. The molecule has 2 rings (SSSR count). The number of aromatic amines is 1. The number of benzene rings is 1. The van der Waals surface area contributed by atoms with Crippen molar-refractivity contribution in [1.82, 2.24) is 4.98 Å². The standard InChI is InChI=1S/C15H16N2O5/c1-8-6-11(18)13(14(19)16-8)15(20)17-10-5-4-9(21-2)7-12(10)22-3/h4-7H,1-3H3,(H,17,20)(H2,16,18,19). The van der Waals surface area contributed by atoms with Gasteiger partial charge in [-0.05, 0) is 25.1 Å². The number of aromatic nitrogens is 1. The Morgan fingerprint density at radius 3 is 2.55 bits per heavy atom. The topological polar surface area (TPSA) is 101 Å². The van der Waals surface area contributed by atoms with Gasteiger partial charge in [-0.25, -0.2) is 0 Å². The van der Waals surface area contributed by atoms with Crippen molar-refractivity contribution in [2.24, 2.45) is 0 Å². The number of nitrogens with one attached hydrogen (secondary N) is 2. The van der Waals surface area contributed by atoms with Gasteiger partial charge in [0.1, 0.15) is 22.8 Å². The summed E-state index contributed by atoms with van der Waals surface area (Å²) in [5.74, 6) is -0.185. The van der Waals surface area contributed by atoms with E-state index in [0.29, 0.717) is 22.9 Å². The van der Waals surface area contributed by atoms with Crippen LogP contribution in [0.3, 0.4) is 0 Å². The van der Waals surface area contributed by atoms with Crippen LogP contribution in [0.4, 0.5) is 5.69 Å². The van der Waals surface area contributed by atoms with Gasteiger partial charge in [0.15, 0.2) is 0 Å². The van der Waals surface area contributed by atoms with E-state index in [1.807, 2.05) is 0 Å². The zero-order valence-corrected chi connectivity index (χ0v) is 12.4. The third-order valence-corrected chi connectivity index (χ3v) is 3.03. The van der Waals surface area contributed by atoms with Crippen molar-refractivity contribution < 1.29 is 19.4 Å². The molecule has 0 atom stereocenters. The van der Waals surface area contributed by atoms with Crippen LogP contribution in [0.25, 0.3) is 0 Å². The molecule has 1 aromatic heterocycles. The minimum absolute atomic E-state index is 0.354. The van der Waals surface area contributed by atoms with Gasteiger partial charge in [-0.1, -0.05) is 0 Å². The van der Waals surface area contributed by atoms with Gasteiger partial charge >= 0.3 is 0 Å². The van der Waals surface area contributed by atoms with Crippen molar-refractivity contribution in [3.63, 3.8) is 0 Å². The number of pyridine rings is 1. The van der Waals surface area contributed by atoms with Crippen LogP contribution in [0.15, 0.2) is 29.1 Å². The van der Waals surface area contributed by atoms with Gasteiger partial charge in [-0.2, -0.15) is 0 Å². The maximum atomic E-state index is 12.2. The summed E-state index contributed by atoms with van der Waals surface area (Å²) in [6.07, 6.45) is 0. The Bertz CT molecular complexity index is 767. The molecule has 1 heterocycles. The van der Waals surface area contributed by atoms with Gasteiger partial charge in [0.2, 0.25) is 0 Å². The van der Waals surface area contributed by atoms with Crippen LogP contribution in [-0.4, -0.2) is 30.2 Å². The van der Waals surface area contributed by atoms with Crippen LogP contribution >= 0.6 is 0 Å². The Morgan fingerprint density at radius 1 is 1.23 bits per heavy atom. The van der Waals surface area contributed by atoms with E-state index in [-0.39, 0.29) is 11.3 Å². The number of H-pyrrole nitrogens is 1. The summed E-state index contributed by atoms with van der Waals surface area (Å²) in [4.78, 5) is 26.5. The summed E-state index contributed by atoms with van der Waals surface area (Å²) in [6, 6.07) is 6.11. The molecule has 0 saturated heterocycles. The average molecular weight is 304 g/mol. The minimum Gasteiger partial charge on any atom is -0.507 e. The molecular formula is C15H16N2O5. The summed E-state index contributed by atoms with van der Waals surface area (Å²) in [5.41, 5.74) is -0.209. The number of aromatic hydroxyl groups is 1. The molecule has 0 bridgehead atoms. The molecule has 3 N–H and O–H groups in total. The van der Waals surface area contributed by atoms with Crippen LogP contribution in [0.2, 0.25) is 0 Å². The number of hydrogen-bond donors (Lipinski definition) is 3. The summed E-state index contributed by atoms with van der Waals surface area (Å²) >= 11 is 0. The number of rotatable bonds is 4. The zero-order valence-electron chi connectivity index (χ0n) is 12.4. The fraction of sp³-hybridized carbons (Fsp3) is 0.200. The van der Waals surface area contributed by atoms with Crippen LogP contribution in [0, 0.1) is 6.92 Å². The number of ether oxygens (including phenoxy) is 2. The summed E-state index contributed by atoms with van der Waals surface area (Å²) in [5, 5.41) is 12.3. The lowest BCUT2D eigenvalue weighted by Gasteiger charge is -2.12. The minimum atomic E-state index is -0.734. The van der Waals surface area contributed by atoms with Crippen LogP contribution in [-0.2, 0) is 0 Å². The molecule has 1 amide bonds. The lowest BCUT2D eigenvalue weighted by Crippen LogP contribution is -2.24. The van der Waals surface area contributed by atoms with E-state index in [1.165, 1.54) is 20.3 Å². The molecule has 0 aliphatic rings. The fourth-order valence-corrected chi connectivity index (χ4v) is 1.98. The third kappa shape index (κ3) is 3.03. The third-order valence-electron chi connectivity index (χ3n) is 3.03.